The fourth-order valence-electron chi connectivity index (χ4n) is 3.65. The van der Waals surface area contributed by atoms with E-state index in [9.17, 15) is 19.2 Å². The van der Waals surface area contributed by atoms with Crippen LogP contribution in [-0.4, -0.2) is 71.8 Å². The molecule has 2 rings (SSSR count). The van der Waals surface area contributed by atoms with Crippen LogP contribution in [0.3, 0.4) is 0 Å². The van der Waals surface area contributed by atoms with Crippen molar-refractivity contribution in [3.8, 4) is 0 Å². The standard InChI is InChI=1S/C19H31N3O5/c1-4-27-18(25)6-5-16(23)20-15-7-9-21(10-8-15)19(26)14-11-17(24)22(12-14)13(2)3/h13-15H,4-12H2,1-3H3,(H,20,23). The topological polar surface area (TPSA) is 96.0 Å². The summed E-state index contributed by atoms with van der Waals surface area (Å²) in [7, 11) is 0. The Kier molecular flexibility index (Phi) is 7.62. The Labute approximate surface area is 160 Å². The molecule has 1 atom stereocenters. The SMILES string of the molecule is CCOC(=O)CCC(=O)NC1CCN(C(=O)C2CC(=O)N(C(C)C)C2)CC1. The van der Waals surface area contributed by atoms with E-state index in [4.69, 9.17) is 4.74 Å². The van der Waals surface area contributed by atoms with Gasteiger partial charge in [-0.3, -0.25) is 19.2 Å². The molecular formula is C19H31N3O5. The molecule has 0 aromatic carbocycles. The third-order valence-corrected chi connectivity index (χ3v) is 5.16. The van der Waals surface area contributed by atoms with Gasteiger partial charge < -0.3 is 19.9 Å². The van der Waals surface area contributed by atoms with Gasteiger partial charge in [-0.05, 0) is 33.6 Å². The average molecular weight is 381 g/mol. The van der Waals surface area contributed by atoms with Gasteiger partial charge in [0.2, 0.25) is 17.7 Å². The zero-order chi connectivity index (χ0) is 20.0. The van der Waals surface area contributed by atoms with Crippen molar-refractivity contribution < 1.29 is 23.9 Å². The summed E-state index contributed by atoms with van der Waals surface area (Å²) in [5.41, 5.74) is 0. The number of amides is 3. The van der Waals surface area contributed by atoms with Crippen molar-refractivity contribution in [3.63, 3.8) is 0 Å². The summed E-state index contributed by atoms with van der Waals surface area (Å²) in [4.78, 5) is 51.5. The van der Waals surface area contributed by atoms with E-state index in [2.05, 4.69) is 5.32 Å². The van der Waals surface area contributed by atoms with Gasteiger partial charge in [0, 0.05) is 44.6 Å². The maximum absolute atomic E-state index is 12.7. The number of nitrogens with zero attached hydrogens (tertiary/aromatic N) is 2. The van der Waals surface area contributed by atoms with Crippen LogP contribution in [0.5, 0.6) is 0 Å². The normalized spacial score (nSPS) is 20.9. The van der Waals surface area contributed by atoms with Crippen molar-refractivity contribution in [1.82, 2.24) is 15.1 Å². The zero-order valence-electron chi connectivity index (χ0n) is 16.5. The zero-order valence-corrected chi connectivity index (χ0v) is 16.5. The third kappa shape index (κ3) is 5.94. The first-order valence-electron chi connectivity index (χ1n) is 9.85. The second kappa shape index (κ2) is 9.71. The molecular weight excluding hydrogens is 350 g/mol. The Morgan fingerprint density at radius 2 is 1.85 bits per heavy atom. The number of piperidine rings is 1. The van der Waals surface area contributed by atoms with Gasteiger partial charge in [-0.15, -0.1) is 0 Å². The lowest BCUT2D eigenvalue weighted by Crippen LogP contribution is -2.48. The minimum absolute atomic E-state index is 0.0149. The molecule has 3 amide bonds. The molecule has 2 fully saturated rings. The number of rotatable bonds is 7. The fraction of sp³-hybridized carbons (Fsp3) is 0.789. The summed E-state index contributed by atoms with van der Waals surface area (Å²) in [6.45, 7) is 7.62. The summed E-state index contributed by atoms with van der Waals surface area (Å²) >= 11 is 0. The molecule has 8 heteroatoms. The van der Waals surface area contributed by atoms with Gasteiger partial charge in [0.1, 0.15) is 0 Å². The predicted molar refractivity (Wildman–Crippen MR) is 98.6 cm³/mol. The van der Waals surface area contributed by atoms with Crippen molar-refractivity contribution in [2.75, 3.05) is 26.2 Å². The van der Waals surface area contributed by atoms with Crippen LogP contribution >= 0.6 is 0 Å². The molecule has 152 valence electrons. The molecule has 27 heavy (non-hydrogen) atoms. The summed E-state index contributed by atoms with van der Waals surface area (Å²) in [5.74, 6) is -0.697. The van der Waals surface area contributed by atoms with Crippen LogP contribution in [0.1, 0.15) is 52.9 Å². The van der Waals surface area contributed by atoms with E-state index < -0.39 is 0 Å². The van der Waals surface area contributed by atoms with Crippen molar-refractivity contribution in [2.45, 2.75) is 65.0 Å². The van der Waals surface area contributed by atoms with E-state index in [1.807, 2.05) is 18.7 Å². The Morgan fingerprint density at radius 1 is 1.19 bits per heavy atom. The van der Waals surface area contributed by atoms with Crippen LogP contribution in [0.4, 0.5) is 0 Å². The molecule has 0 bridgehead atoms. The van der Waals surface area contributed by atoms with Crippen LogP contribution < -0.4 is 5.32 Å². The molecule has 2 aliphatic heterocycles. The van der Waals surface area contributed by atoms with Crippen LogP contribution in [0.25, 0.3) is 0 Å². The van der Waals surface area contributed by atoms with Gasteiger partial charge in [0.05, 0.1) is 18.9 Å². The molecule has 8 nitrogen and oxygen atoms in total. The molecule has 0 aliphatic carbocycles. The number of carbonyl (C=O) groups excluding carboxylic acids is 4. The summed E-state index contributed by atoms with van der Waals surface area (Å²) in [6.07, 6.45) is 1.87. The maximum Gasteiger partial charge on any atom is 0.306 e. The number of esters is 1. The van der Waals surface area contributed by atoms with Crippen LogP contribution in [0.2, 0.25) is 0 Å². The second-order valence-electron chi connectivity index (χ2n) is 7.51. The lowest BCUT2D eigenvalue weighted by Gasteiger charge is -2.34. The number of hydrogen-bond donors (Lipinski definition) is 1. The molecule has 0 saturated carbocycles. The van der Waals surface area contributed by atoms with E-state index >= 15 is 0 Å². The van der Waals surface area contributed by atoms with Gasteiger partial charge in [0.25, 0.3) is 0 Å². The first-order valence-corrected chi connectivity index (χ1v) is 9.85. The van der Waals surface area contributed by atoms with E-state index in [-0.39, 0.29) is 54.5 Å². The molecule has 1 N–H and O–H groups in total. The number of ether oxygens (including phenoxy) is 1. The molecule has 1 unspecified atom stereocenters. The summed E-state index contributed by atoms with van der Waals surface area (Å²) in [6, 6.07) is 0.131. The van der Waals surface area contributed by atoms with E-state index in [1.54, 1.807) is 11.8 Å². The summed E-state index contributed by atoms with van der Waals surface area (Å²) in [5, 5.41) is 2.93. The quantitative estimate of drug-likeness (QED) is 0.655. The molecule has 0 spiro atoms. The molecule has 2 heterocycles. The Bertz CT molecular complexity index is 570. The number of carbonyl (C=O) groups is 4. The van der Waals surface area contributed by atoms with Gasteiger partial charge in [0.15, 0.2) is 0 Å². The molecule has 0 aromatic heterocycles. The average Bonchev–Trinajstić information content (AvgIpc) is 3.02. The number of likely N-dealkylation sites (tertiary alicyclic amines) is 2. The Morgan fingerprint density at radius 3 is 2.41 bits per heavy atom. The highest BCUT2D eigenvalue weighted by molar-refractivity contribution is 5.89. The monoisotopic (exact) mass is 381 g/mol. The van der Waals surface area contributed by atoms with Crippen LogP contribution in [-0.2, 0) is 23.9 Å². The molecule has 0 radical (unpaired) electrons. The van der Waals surface area contributed by atoms with Crippen molar-refractivity contribution in [3.05, 3.63) is 0 Å². The molecule has 0 aromatic rings. The predicted octanol–water partition coefficient (Wildman–Crippen LogP) is 0.694. The minimum Gasteiger partial charge on any atom is -0.466 e. The van der Waals surface area contributed by atoms with Crippen molar-refractivity contribution in [1.29, 1.82) is 0 Å². The molecule has 2 saturated heterocycles. The van der Waals surface area contributed by atoms with E-state index in [0.29, 0.717) is 45.5 Å². The second-order valence-corrected chi connectivity index (χ2v) is 7.51. The van der Waals surface area contributed by atoms with E-state index in [1.165, 1.54) is 0 Å². The maximum atomic E-state index is 12.7. The van der Waals surface area contributed by atoms with E-state index in [0.717, 1.165) is 0 Å². The number of hydrogen-bond acceptors (Lipinski definition) is 5. The van der Waals surface area contributed by atoms with Gasteiger partial charge in [-0.1, -0.05) is 0 Å². The van der Waals surface area contributed by atoms with Gasteiger partial charge in [-0.2, -0.15) is 0 Å². The molecule has 2 aliphatic rings. The highest BCUT2D eigenvalue weighted by Gasteiger charge is 2.38. The minimum atomic E-state index is -0.366. The van der Waals surface area contributed by atoms with Crippen molar-refractivity contribution in [2.24, 2.45) is 5.92 Å². The summed E-state index contributed by atoms with van der Waals surface area (Å²) < 4.78 is 4.81. The van der Waals surface area contributed by atoms with Crippen LogP contribution in [0.15, 0.2) is 0 Å². The van der Waals surface area contributed by atoms with Gasteiger partial charge >= 0.3 is 5.97 Å². The highest BCUT2D eigenvalue weighted by atomic mass is 16.5. The lowest BCUT2D eigenvalue weighted by molar-refractivity contribution is -0.144. The lowest BCUT2D eigenvalue weighted by atomic mass is 10.0. The first kappa shape index (κ1) is 21.2. The first-order chi connectivity index (χ1) is 12.8. The fourth-order valence-corrected chi connectivity index (χ4v) is 3.65. The number of nitrogens with one attached hydrogen (secondary N) is 1. The Hall–Kier alpha value is -2.12. The van der Waals surface area contributed by atoms with Crippen LogP contribution in [0, 0.1) is 5.92 Å². The van der Waals surface area contributed by atoms with Gasteiger partial charge in [-0.25, -0.2) is 0 Å². The third-order valence-electron chi connectivity index (χ3n) is 5.16. The smallest absolute Gasteiger partial charge is 0.306 e. The highest BCUT2D eigenvalue weighted by Crippen LogP contribution is 2.23. The largest absolute Gasteiger partial charge is 0.466 e. The van der Waals surface area contributed by atoms with Crippen molar-refractivity contribution >= 4 is 23.7 Å². The Balaban J connectivity index is 1.72.